The van der Waals surface area contributed by atoms with Crippen molar-refractivity contribution in [2.24, 2.45) is 0 Å². The Balaban J connectivity index is 2.73. The van der Waals surface area contributed by atoms with Gasteiger partial charge in [-0.3, -0.25) is 0 Å². The van der Waals surface area contributed by atoms with E-state index in [0.717, 1.165) is 31.8 Å². The molecule has 114 valence electrons. The van der Waals surface area contributed by atoms with E-state index >= 15 is 0 Å². The van der Waals surface area contributed by atoms with Crippen molar-refractivity contribution in [1.29, 1.82) is 0 Å². The zero-order chi connectivity index (χ0) is 15.0. The first kappa shape index (κ1) is 17.0. The van der Waals surface area contributed by atoms with E-state index in [1.807, 2.05) is 0 Å². The SMILES string of the molecule is CCCNC(CN(C)CC)c1ccc(OC(C)C)cc1. The van der Waals surface area contributed by atoms with Gasteiger partial charge in [0.15, 0.2) is 0 Å². The fraction of sp³-hybridized carbons (Fsp3) is 0.647. The third kappa shape index (κ3) is 5.93. The monoisotopic (exact) mass is 278 g/mol. The molecular weight excluding hydrogens is 248 g/mol. The van der Waals surface area contributed by atoms with Crippen LogP contribution in [0.4, 0.5) is 0 Å². The highest BCUT2D eigenvalue weighted by molar-refractivity contribution is 5.29. The van der Waals surface area contributed by atoms with Gasteiger partial charge in [0, 0.05) is 12.6 Å². The third-order valence-electron chi connectivity index (χ3n) is 3.33. The number of hydrogen-bond donors (Lipinski definition) is 1. The predicted octanol–water partition coefficient (Wildman–Crippen LogP) is 3.47. The first-order chi connectivity index (χ1) is 9.56. The summed E-state index contributed by atoms with van der Waals surface area (Å²) in [5.74, 6) is 0.946. The predicted molar refractivity (Wildman–Crippen MR) is 86.4 cm³/mol. The standard InChI is InChI=1S/C17H30N2O/c1-6-12-18-17(13-19(5)7-2)15-8-10-16(11-9-15)20-14(3)4/h8-11,14,17-18H,6-7,12-13H2,1-5H3. The van der Waals surface area contributed by atoms with E-state index in [1.165, 1.54) is 5.56 Å². The van der Waals surface area contributed by atoms with Crippen LogP contribution in [0.3, 0.4) is 0 Å². The number of nitrogens with one attached hydrogen (secondary N) is 1. The maximum Gasteiger partial charge on any atom is 0.119 e. The Kier molecular flexibility index (Phi) is 7.63. The molecule has 0 spiro atoms. The molecule has 1 aromatic rings. The molecule has 0 amide bonds. The number of nitrogens with zero attached hydrogens (tertiary/aromatic N) is 1. The average molecular weight is 278 g/mol. The van der Waals surface area contributed by atoms with Crippen molar-refractivity contribution in [3.8, 4) is 5.75 Å². The second kappa shape index (κ2) is 8.98. The Hall–Kier alpha value is -1.06. The molecule has 0 aliphatic carbocycles. The van der Waals surface area contributed by atoms with Crippen LogP contribution in [0.15, 0.2) is 24.3 Å². The number of benzene rings is 1. The van der Waals surface area contributed by atoms with Gasteiger partial charge in [-0.25, -0.2) is 0 Å². The minimum Gasteiger partial charge on any atom is -0.491 e. The molecule has 0 saturated heterocycles. The van der Waals surface area contributed by atoms with Gasteiger partial charge in [0.25, 0.3) is 0 Å². The summed E-state index contributed by atoms with van der Waals surface area (Å²) in [7, 11) is 2.16. The summed E-state index contributed by atoms with van der Waals surface area (Å²) in [4.78, 5) is 2.34. The average Bonchev–Trinajstić information content (AvgIpc) is 2.43. The lowest BCUT2D eigenvalue weighted by molar-refractivity contribution is 0.242. The van der Waals surface area contributed by atoms with Crippen molar-refractivity contribution in [1.82, 2.24) is 10.2 Å². The van der Waals surface area contributed by atoms with Gasteiger partial charge in [0.1, 0.15) is 5.75 Å². The van der Waals surface area contributed by atoms with Crippen molar-refractivity contribution in [3.05, 3.63) is 29.8 Å². The molecule has 0 bridgehead atoms. The second-order valence-corrected chi connectivity index (χ2v) is 5.60. The molecule has 0 aliphatic heterocycles. The zero-order valence-electron chi connectivity index (χ0n) is 13.6. The van der Waals surface area contributed by atoms with Crippen LogP contribution in [0.1, 0.15) is 45.7 Å². The Labute approximate surface area is 124 Å². The van der Waals surface area contributed by atoms with Gasteiger partial charge in [-0.1, -0.05) is 26.0 Å². The van der Waals surface area contributed by atoms with Gasteiger partial charge < -0.3 is 15.0 Å². The highest BCUT2D eigenvalue weighted by Crippen LogP contribution is 2.19. The fourth-order valence-corrected chi connectivity index (χ4v) is 2.10. The number of hydrogen-bond acceptors (Lipinski definition) is 3. The first-order valence-electron chi connectivity index (χ1n) is 7.75. The Morgan fingerprint density at radius 2 is 1.80 bits per heavy atom. The molecule has 3 heteroatoms. The maximum atomic E-state index is 5.70. The minimum atomic E-state index is 0.223. The second-order valence-electron chi connectivity index (χ2n) is 5.60. The van der Waals surface area contributed by atoms with Crippen molar-refractivity contribution in [3.63, 3.8) is 0 Å². The Morgan fingerprint density at radius 3 is 2.30 bits per heavy atom. The molecule has 0 saturated carbocycles. The lowest BCUT2D eigenvalue weighted by Gasteiger charge is -2.24. The summed E-state index contributed by atoms with van der Waals surface area (Å²) < 4.78 is 5.70. The topological polar surface area (TPSA) is 24.5 Å². The molecule has 1 N–H and O–H groups in total. The molecule has 20 heavy (non-hydrogen) atoms. The fourth-order valence-electron chi connectivity index (χ4n) is 2.10. The van der Waals surface area contributed by atoms with E-state index < -0.39 is 0 Å². The van der Waals surface area contributed by atoms with Gasteiger partial charge in [-0.15, -0.1) is 0 Å². The van der Waals surface area contributed by atoms with Crippen LogP contribution in [0.5, 0.6) is 5.75 Å². The van der Waals surface area contributed by atoms with Crippen LogP contribution in [-0.2, 0) is 0 Å². The number of likely N-dealkylation sites (N-methyl/N-ethyl adjacent to an activating group) is 1. The minimum absolute atomic E-state index is 0.223. The van der Waals surface area contributed by atoms with Crippen LogP contribution in [0, 0.1) is 0 Å². The maximum absolute atomic E-state index is 5.70. The molecule has 1 unspecified atom stereocenters. The number of ether oxygens (including phenoxy) is 1. The van der Waals surface area contributed by atoms with Crippen LogP contribution in [0.2, 0.25) is 0 Å². The molecular formula is C17H30N2O. The van der Waals surface area contributed by atoms with Crippen LogP contribution in [-0.4, -0.2) is 37.7 Å². The molecule has 0 aliphatic rings. The lowest BCUT2D eigenvalue weighted by Crippen LogP contribution is -2.33. The summed E-state index contributed by atoms with van der Waals surface area (Å²) in [5.41, 5.74) is 1.33. The molecule has 0 heterocycles. The van der Waals surface area contributed by atoms with E-state index in [-0.39, 0.29) is 6.10 Å². The molecule has 0 fully saturated rings. The first-order valence-corrected chi connectivity index (χ1v) is 7.75. The number of rotatable bonds is 9. The van der Waals surface area contributed by atoms with Crippen molar-refractivity contribution in [2.75, 3.05) is 26.7 Å². The Bertz CT molecular complexity index is 362. The highest BCUT2D eigenvalue weighted by atomic mass is 16.5. The van der Waals surface area contributed by atoms with Gasteiger partial charge >= 0.3 is 0 Å². The summed E-state index contributed by atoms with van der Waals surface area (Å²) in [6.45, 7) is 11.6. The normalized spacial score (nSPS) is 12.9. The van der Waals surface area contributed by atoms with Gasteiger partial charge in [-0.05, 0) is 58.1 Å². The van der Waals surface area contributed by atoms with E-state index in [9.17, 15) is 0 Å². The largest absolute Gasteiger partial charge is 0.491 e. The van der Waals surface area contributed by atoms with E-state index in [4.69, 9.17) is 4.74 Å². The smallest absolute Gasteiger partial charge is 0.119 e. The molecule has 1 atom stereocenters. The summed E-state index contributed by atoms with van der Waals surface area (Å²) in [5, 5.41) is 3.63. The van der Waals surface area contributed by atoms with Gasteiger partial charge in [0.05, 0.1) is 6.10 Å². The van der Waals surface area contributed by atoms with Crippen LogP contribution >= 0.6 is 0 Å². The molecule has 0 aromatic heterocycles. The third-order valence-corrected chi connectivity index (χ3v) is 3.33. The molecule has 1 aromatic carbocycles. The van der Waals surface area contributed by atoms with Crippen LogP contribution in [0.25, 0.3) is 0 Å². The van der Waals surface area contributed by atoms with Gasteiger partial charge in [-0.2, -0.15) is 0 Å². The Morgan fingerprint density at radius 1 is 1.15 bits per heavy atom. The van der Waals surface area contributed by atoms with Crippen molar-refractivity contribution in [2.45, 2.75) is 46.3 Å². The van der Waals surface area contributed by atoms with E-state index in [0.29, 0.717) is 6.04 Å². The van der Waals surface area contributed by atoms with Crippen LogP contribution < -0.4 is 10.1 Å². The lowest BCUT2D eigenvalue weighted by atomic mass is 10.1. The molecule has 1 rings (SSSR count). The van der Waals surface area contributed by atoms with E-state index in [2.05, 4.69) is 69.2 Å². The van der Waals surface area contributed by atoms with Gasteiger partial charge in [0.2, 0.25) is 0 Å². The quantitative estimate of drug-likeness (QED) is 0.748. The van der Waals surface area contributed by atoms with Crippen molar-refractivity contribution < 1.29 is 4.74 Å². The summed E-state index contributed by atoms with van der Waals surface area (Å²) >= 11 is 0. The highest BCUT2D eigenvalue weighted by Gasteiger charge is 2.12. The summed E-state index contributed by atoms with van der Waals surface area (Å²) in [6.07, 6.45) is 1.38. The van der Waals surface area contributed by atoms with E-state index in [1.54, 1.807) is 0 Å². The molecule has 0 radical (unpaired) electrons. The van der Waals surface area contributed by atoms with Crippen molar-refractivity contribution >= 4 is 0 Å². The molecule has 3 nitrogen and oxygen atoms in total. The zero-order valence-corrected chi connectivity index (χ0v) is 13.6. The summed E-state index contributed by atoms with van der Waals surface area (Å²) in [6, 6.07) is 8.88.